The average molecular weight is 321 g/mol. The largest absolute Gasteiger partial charge is 0.382 e. The molecule has 0 atom stereocenters. The van der Waals surface area contributed by atoms with Crippen LogP contribution >= 0.6 is 11.3 Å². The van der Waals surface area contributed by atoms with Gasteiger partial charge in [-0.05, 0) is 6.92 Å². The molecule has 114 valence electrons. The predicted octanol–water partition coefficient (Wildman–Crippen LogP) is -0.174. The molecule has 0 bridgehead atoms. The summed E-state index contributed by atoms with van der Waals surface area (Å²) in [5, 5.41) is 6.04. The van der Waals surface area contributed by atoms with Crippen molar-refractivity contribution < 1.29 is 13.2 Å². The van der Waals surface area contributed by atoms with Crippen LogP contribution in [0.25, 0.3) is 0 Å². The lowest BCUT2D eigenvalue weighted by Crippen LogP contribution is -2.34. The van der Waals surface area contributed by atoms with Crippen LogP contribution in [0.15, 0.2) is 0 Å². The topological polar surface area (TPSA) is 126 Å². The maximum atomic E-state index is 11.9. The summed E-state index contributed by atoms with van der Waals surface area (Å²) in [7, 11) is -3.34. The zero-order chi connectivity index (χ0) is 15.2. The Hall–Kier alpha value is -1.39. The number of nitrogen functional groups attached to an aromatic ring is 1. The molecule has 1 heterocycles. The molecule has 0 aliphatic rings. The minimum Gasteiger partial charge on any atom is -0.382 e. The first kappa shape index (κ1) is 16.7. The molecule has 0 aliphatic heterocycles. The number of hydrogen-bond acceptors (Lipinski definition) is 7. The number of amides is 1. The van der Waals surface area contributed by atoms with Crippen molar-refractivity contribution in [3.05, 3.63) is 4.88 Å². The van der Waals surface area contributed by atoms with E-state index in [9.17, 15) is 13.2 Å². The second kappa shape index (κ2) is 7.41. The van der Waals surface area contributed by atoms with Crippen molar-refractivity contribution in [3.8, 4) is 0 Å². The van der Waals surface area contributed by atoms with E-state index in [4.69, 9.17) is 5.73 Å². The number of hydrogen-bond donors (Lipinski definition) is 4. The van der Waals surface area contributed by atoms with Crippen LogP contribution in [0.5, 0.6) is 0 Å². The van der Waals surface area contributed by atoms with E-state index < -0.39 is 15.9 Å². The van der Waals surface area contributed by atoms with Crippen LogP contribution in [0.2, 0.25) is 0 Å². The minimum absolute atomic E-state index is 0.0159. The predicted molar refractivity (Wildman–Crippen MR) is 80.5 cm³/mol. The first-order valence-corrected chi connectivity index (χ1v) is 8.62. The lowest BCUT2D eigenvalue weighted by Gasteiger charge is -2.05. The monoisotopic (exact) mass is 321 g/mol. The molecule has 8 nitrogen and oxygen atoms in total. The van der Waals surface area contributed by atoms with Crippen LogP contribution in [0.3, 0.4) is 0 Å². The number of nitrogens with one attached hydrogen (secondary N) is 3. The quantitative estimate of drug-likeness (QED) is 0.526. The van der Waals surface area contributed by atoms with Crippen LogP contribution < -0.4 is 21.1 Å². The highest BCUT2D eigenvalue weighted by atomic mass is 32.2. The van der Waals surface area contributed by atoms with Gasteiger partial charge in [0.15, 0.2) is 5.13 Å². The fourth-order valence-corrected chi connectivity index (χ4v) is 3.22. The highest BCUT2D eigenvalue weighted by Gasteiger charge is 2.16. The molecule has 5 N–H and O–H groups in total. The molecule has 0 unspecified atom stereocenters. The van der Waals surface area contributed by atoms with Gasteiger partial charge in [-0.2, -0.15) is 0 Å². The smallest absolute Gasteiger partial charge is 0.265 e. The molecule has 0 radical (unpaired) electrons. The highest BCUT2D eigenvalue weighted by Crippen LogP contribution is 2.24. The van der Waals surface area contributed by atoms with Gasteiger partial charge in [-0.1, -0.05) is 18.3 Å². The Balaban J connectivity index is 2.55. The molecule has 0 fully saturated rings. The van der Waals surface area contributed by atoms with Gasteiger partial charge in [0.05, 0.1) is 5.75 Å². The molecule has 1 aromatic heterocycles. The van der Waals surface area contributed by atoms with E-state index in [1.165, 1.54) is 0 Å². The first-order valence-electron chi connectivity index (χ1n) is 6.15. The lowest BCUT2D eigenvalue weighted by atomic mass is 10.4. The molecule has 10 heteroatoms. The van der Waals surface area contributed by atoms with Crippen molar-refractivity contribution in [1.82, 2.24) is 15.0 Å². The number of carbonyl (C=O) groups excluding carboxylic acids is 1. The van der Waals surface area contributed by atoms with Crippen LogP contribution in [0.1, 0.15) is 23.5 Å². The van der Waals surface area contributed by atoms with Crippen LogP contribution in [-0.4, -0.2) is 44.7 Å². The summed E-state index contributed by atoms with van der Waals surface area (Å²) in [6.07, 6.45) is 0. The SMILES string of the molecule is CCNc1nc(N)c(C(=O)NCCS(=O)(=O)NCC)s1. The molecular formula is C10H19N5O3S2. The van der Waals surface area contributed by atoms with Crippen LogP contribution in [0.4, 0.5) is 10.9 Å². The maximum Gasteiger partial charge on any atom is 0.265 e. The molecule has 0 spiro atoms. The van der Waals surface area contributed by atoms with E-state index in [-0.39, 0.29) is 23.0 Å². The molecule has 1 amide bonds. The Kier molecular flexibility index (Phi) is 6.17. The molecule has 0 aliphatic carbocycles. The van der Waals surface area contributed by atoms with Gasteiger partial charge >= 0.3 is 0 Å². The fourth-order valence-electron chi connectivity index (χ4n) is 1.39. The van der Waals surface area contributed by atoms with Gasteiger partial charge in [-0.15, -0.1) is 0 Å². The zero-order valence-electron chi connectivity index (χ0n) is 11.4. The summed E-state index contributed by atoms with van der Waals surface area (Å²) in [6, 6.07) is 0. The number of nitrogens with two attached hydrogens (primary N) is 1. The molecular weight excluding hydrogens is 302 g/mol. The van der Waals surface area contributed by atoms with Gasteiger partial charge in [0.1, 0.15) is 10.7 Å². The third-order valence-electron chi connectivity index (χ3n) is 2.21. The molecule has 0 aromatic carbocycles. The lowest BCUT2D eigenvalue weighted by molar-refractivity contribution is 0.0961. The van der Waals surface area contributed by atoms with Gasteiger partial charge < -0.3 is 16.4 Å². The summed E-state index contributed by atoms with van der Waals surface area (Å²) in [6.45, 7) is 4.61. The van der Waals surface area contributed by atoms with Crippen LogP contribution in [-0.2, 0) is 10.0 Å². The first-order chi connectivity index (χ1) is 9.39. The molecule has 20 heavy (non-hydrogen) atoms. The van der Waals surface area contributed by atoms with Crippen molar-refractivity contribution in [2.75, 3.05) is 36.4 Å². The number of sulfonamides is 1. The Morgan fingerprint density at radius 2 is 2.05 bits per heavy atom. The van der Waals surface area contributed by atoms with Gasteiger partial charge in [0.25, 0.3) is 5.91 Å². The summed E-state index contributed by atoms with van der Waals surface area (Å²) < 4.78 is 25.1. The minimum atomic E-state index is -3.34. The number of anilines is 2. The Morgan fingerprint density at radius 3 is 2.65 bits per heavy atom. The third kappa shape index (κ3) is 4.94. The van der Waals surface area contributed by atoms with E-state index in [1.54, 1.807) is 6.92 Å². The molecule has 0 saturated heterocycles. The van der Waals surface area contributed by atoms with E-state index in [0.717, 1.165) is 11.3 Å². The molecule has 0 saturated carbocycles. The second-order valence-electron chi connectivity index (χ2n) is 3.84. The van der Waals surface area contributed by atoms with Crippen molar-refractivity contribution in [2.24, 2.45) is 0 Å². The van der Waals surface area contributed by atoms with Gasteiger partial charge in [0.2, 0.25) is 10.0 Å². The van der Waals surface area contributed by atoms with Gasteiger partial charge in [0, 0.05) is 19.6 Å². The van der Waals surface area contributed by atoms with Crippen molar-refractivity contribution in [3.63, 3.8) is 0 Å². The number of aromatic nitrogens is 1. The average Bonchev–Trinajstić information content (AvgIpc) is 2.70. The van der Waals surface area contributed by atoms with Crippen LogP contribution in [0, 0.1) is 0 Å². The number of carbonyl (C=O) groups is 1. The third-order valence-corrected chi connectivity index (χ3v) is 4.71. The van der Waals surface area contributed by atoms with E-state index in [0.29, 0.717) is 18.2 Å². The zero-order valence-corrected chi connectivity index (χ0v) is 13.0. The van der Waals surface area contributed by atoms with Crippen molar-refractivity contribution in [1.29, 1.82) is 0 Å². The fraction of sp³-hybridized carbons (Fsp3) is 0.600. The summed E-state index contributed by atoms with van der Waals surface area (Å²) >= 11 is 1.14. The Labute approximate surface area is 122 Å². The molecule has 1 rings (SSSR count). The van der Waals surface area contributed by atoms with E-state index in [2.05, 4.69) is 20.3 Å². The number of rotatable bonds is 8. The highest BCUT2D eigenvalue weighted by molar-refractivity contribution is 7.89. The summed E-state index contributed by atoms with van der Waals surface area (Å²) in [5.41, 5.74) is 5.65. The van der Waals surface area contributed by atoms with Crippen molar-refractivity contribution in [2.45, 2.75) is 13.8 Å². The second-order valence-corrected chi connectivity index (χ2v) is 6.76. The number of nitrogens with zero attached hydrogens (tertiary/aromatic N) is 1. The maximum absolute atomic E-state index is 11.9. The summed E-state index contributed by atoms with van der Waals surface area (Å²) in [5.74, 6) is -0.459. The summed E-state index contributed by atoms with van der Waals surface area (Å²) in [4.78, 5) is 16.1. The van der Waals surface area contributed by atoms with Gasteiger partial charge in [-0.3, -0.25) is 4.79 Å². The number of thiazole rings is 1. The normalized spacial score (nSPS) is 11.3. The van der Waals surface area contributed by atoms with Crippen molar-refractivity contribution >= 4 is 38.2 Å². The van der Waals surface area contributed by atoms with E-state index in [1.807, 2.05) is 6.92 Å². The standard InChI is InChI=1S/C10H19N5O3S2/c1-3-12-10-15-8(11)7(19-10)9(16)13-5-6-20(17,18)14-4-2/h14H,3-6,11H2,1-2H3,(H,12,15)(H,13,16). The van der Waals surface area contributed by atoms with E-state index >= 15 is 0 Å². The molecule has 1 aromatic rings. The Bertz CT molecular complexity index is 555. The Morgan fingerprint density at radius 1 is 1.35 bits per heavy atom. The van der Waals surface area contributed by atoms with Gasteiger partial charge in [-0.25, -0.2) is 18.1 Å².